The Morgan fingerprint density at radius 2 is 2.12 bits per heavy atom. The van der Waals surface area contributed by atoms with Gasteiger partial charge in [0.2, 0.25) is 0 Å². The molecule has 1 aromatic carbocycles. The summed E-state index contributed by atoms with van der Waals surface area (Å²) in [4.78, 5) is 18.7. The Morgan fingerprint density at radius 1 is 1.24 bits per heavy atom. The first-order valence-corrected chi connectivity index (χ1v) is 5.35. The zero-order valence-electron chi connectivity index (χ0n) is 9.34. The summed E-state index contributed by atoms with van der Waals surface area (Å²) < 4.78 is 1.99. The number of hydrogen-bond donors (Lipinski definition) is 1. The first-order valence-electron chi connectivity index (χ1n) is 5.35. The Labute approximate surface area is 97.6 Å². The van der Waals surface area contributed by atoms with Crippen LogP contribution in [0.5, 0.6) is 0 Å². The van der Waals surface area contributed by atoms with E-state index < -0.39 is 0 Å². The minimum Gasteiger partial charge on any atom is -0.351 e. The van der Waals surface area contributed by atoms with Crippen molar-refractivity contribution in [2.45, 2.75) is 0 Å². The molecule has 2 heterocycles. The van der Waals surface area contributed by atoms with Crippen LogP contribution in [0.3, 0.4) is 0 Å². The highest BCUT2D eigenvalue weighted by atomic mass is 16.1. The van der Waals surface area contributed by atoms with Crippen molar-refractivity contribution < 1.29 is 0 Å². The molecule has 3 aromatic rings. The fourth-order valence-electron chi connectivity index (χ4n) is 2.07. The van der Waals surface area contributed by atoms with Gasteiger partial charge in [-0.25, -0.2) is 4.98 Å². The lowest BCUT2D eigenvalue weighted by Crippen LogP contribution is -2.08. The third-order valence-electron chi connectivity index (χ3n) is 2.89. The zero-order chi connectivity index (χ0) is 11.8. The van der Waals surface area contributed by atoms with Crippen molar-refractivity contribution in [1.29, 1.82) is 0 Å². The number of hydrogen-bond acceptors (Lipinski definition) is 2. The molecule has 0 saturated heterocycles. The lowest BCUT2D eigenvalue weighted by atomic mass is 10.1. The predicted octanol–water partition coefficient (Wildman–Crippen LogP) is 1.93. The molecule has 0 atom stereocenters. The van der Waals surface area contributed by atoms with Crippen LogP contribution in [0.4, 0.5) is 0 Å². The van der Waals surface area contributed by atoms with Crippen LogP contribution in [0.2, 0.25) is 0 Å². The van der Waals surface area contributed by atoms with Gasteiger partial charge in [-0.2, -0.15) is 0 Å². The van der Waals surface area contributed by atoms with Gasteiger partial charge in [-0.15, -0.1) is 0 Å². The molecule has 84 valence electrons. The van der Waals surface area contributed by atoms with E-state index in [9.17, 15) is 4.79 Å². The van der Waals surface area contributed by atoms with Gasteiger partial charge in [-0.3, -0.25) is 4.79 Å². The molecule has 17 heavy (non-hydrogen) atoms. The second-order valence-corrected chi connectivity index (χ2v) is 3.94. The number of benzene rings is 1. The van der Waals surface area contributed by atoms with Gasteiger partial charge >= 0.3 is 0 Å². The Bertz CT molecular complexity index is 734. The van der Waals surface area contributed by atoms with E-state index in [0.717, 1.165) is 11.3 Å². The highest BCUT2D eigenvalue weighted by Crippen LogP contribution is 2.24. The number of H-pyrrole nitrogens is 1. The molecule has 0 aliphatic heterocycles. The maximum absolute atomic E-state index is 11.9. The molecule has 0 spiro atoms. The largest absolute Gasteiger partial charge is 0.351 e. The van der Waals surface area contributed by atoms with Crippen LogP contribution in [0.25, 0.3) is 22.2 Å². The molecule has 3 rings (SSSR count). The number of nitrogens with one attached hydrogen (secondary N) is 1. The van der Waals surface area contributed by atoms with Crippen LogP contribution in [-0.2, 0) is 7.05 Å². The molecule has 0 radical (unpaired) electrons. The van der Waals surface area contributed by atoms with Crippen LogP contribution in [0.1, 0.15) is 0 Å². The van der Waals surface area contributed by atoms with Gasteiger partial charge in [0.05, 0.1) is 17.2 Å². The van der Waals surface area contributed by atoms with E-state index in [1.165, 1.54) is 6.33 Å². The molecule has 2 aromatic heterocycles. The van der Waals surface area contributed by atoms with Gasteiger partial charge in [0.25, 0.3) is 5.56 Å². The molecule has 0 unspecified atom stereocenters. The van der Waals surface area contributed by atoms with Crippen molar-refractivity contribution in [1.82, 2.24) is 14.5 Å². The van der Waals surface area contributed by atoms with E-state index >= 15 is 0 Å². The maximum Gasteiger partial charge on any atom is 0.259 e. The zero-order valence-corrected chi connectivity index (χ0v) is 9.34. The van der Waals surface area contributed by atoms with Crippen LogP contribution >= 0.6 is 0 Å². The van der Waals surface area contributed by atoms with Gasteiger partial charge in [-0.1, -0.05) is 12.1 Å². The first-order chi connectivity index (χ1) is 8.27. The van der Waals surface area contributed by atoms with Gasteiger partial charge in [0.15, 0.2) is 0 Å². The molecule has 0 aliphatic carbocycles. The quantitative estimate of drug-likeness (QED) is 0.688. The smallest absolute Gasteiger partial charge is 0.259 e. The Balaban J connectivity index is 2.46. The van der Waals surface area contributed by atoms with Crippen molar-refractivity contribution in [2.24, 2.45) is 7.05 Å². The summed E-state index contributed by atoms with van der Waals surface area (Å²) in [6, 6.07) is 9.64. The minimum atomic E-state index is -0.105. The molecule has 1 N–H and O–H groups in total. The fraction of sp³-hybridized carbons (Fsp3) is 0.0769. The normalized spacial score (nSPS) is 10.9. The molecule has 4 nitrogen and oxygen atoms in total. The molecule has 4 heteroatoms. The van der Waals surface area contributed by atoms with Crippen LogP contribution < -0.4 is 5.56 Å². The third kappa shape index (κ3) is 1.45. The number of fused-ring (bicyclic) bond motifs is 1. The highest BCUT2D eigenvalue weighted by molar-refractivity contribution is 5.92. The monoisotopic (exact) mass is 225 g/mol. The SMILES string of the molecule is Cn1cccc1-c1cccc2nc[nH]c(=O)c12. The van der Waals surface area contributed by atoms with E-state index in [4.69, 9.17) is 0 Å². The van der Waals surface area contributed by atoms with E-state index in [1.54, 1.807) is 0 Å². The second kappa shape index (κ2) is 3.59. The average Bonchev–Trinajstić information content (AvgIpc) is 2.75. The Morgan fingerprint density at radius 3 is 2.88 bits per heavy atom. The summed E-state index contributed by atoms with van der Waals surface area (Å²) in [6.07, 6.45) is 3.39. The van der Waals surface area contributed by atoms with Crippen LogP contribution in [-0.4, -0.2) is 14.5 Å². The summed E-state index contributed by atoms with van der Waals surface area (Å²) >= 11 is 0. The van der Waals surface area contributed by atoms with Crippen molar-refractivity contribution in [3.63, 3.8) is 0 Å². The average molecular weight is 225 g/mol. The number of aromatic amines is 1. The summed E-state index contributed by atoms with van der Waals surface area (Å²) in [5, 5.41) is 0.636. The first kappa shape index (κ1) is 9.84. The Hall–Kier alpha value is -2.36. The Kier molecular flexibility index (Phi) is 2.08. The third-order valence-corrected chi connectivity index (χ3v) is 2.89. The molecule has 0 aliphatic rings. The maximum atomic E-state index is 11.9. The molecule has 0 fully saturated rings. The molecule has 0 bridgehead atoms. The fourth-order valence-corrected chi connectivity index (χ4v) is 2.07. The van der Waals surface area contributed by atoms with E-state index in [0.29, 0.717) is 10.9 Å². The van der Waals surface area contributed by atoms with Gasteiger partial charge in [0, 0.05) is 24.5 Å². The second-order valence-electron chi connectivity index (χ2n) is 3.94. The topological polar surface area (TPSA) is 50.7 Å². The predicted molar refractivity (Wildman–Crippen MR) is 66.8 cm³/mol. The number of nitrogens with zero attached hydrogens (tertiary/aromatic N) is 2. The minimum absolute atomic E-state index is 0.105. The van der Waals surface area contributed by atoms with Gasteiger partial charge in [0.1, 0.15) is 0 Å². The molecular formula is C13H11N3O. The summed E-state index contributed by atoms with van der Waals surface area (Å²) in [5.41, 5.74) is 2.53. The van der Waals surface area contributed by atoms with Gasteiger partial charge < -0.3 is 9.55 Å². The van der Waals surface area contributed by atoms with Crippen molar-refractivity contribution in [2.75, 3.05) is 0 Å². The highest BCUT2D eigenvalue weighted by Gasteiger charge is 2.09. The summed E-state index contributed by atoms with van der Waals surface area (Å²) in [7, 11) is 1.96. The lowest BCUT2D eigenvalue weighted by Gasteiger charge is -2.06. The summed E-state index contributed by atoms with van der Waals surface area (Å²) in [5.74, 6) is 0. The van der Waals surface area contributed by atoms with Gasteiger partial charge in [-0.05, 0) is 18.2 Å². The van der Waals surface area contributed by atoms with E-state index in [1.807, 2.05) is 48.1 Å². The number of aromatic nitrogens is 3. The van der Waals surface area contributed by atoms with Crippen LogP contribution in [0.15, 0.2) is 47.7 Å². The standard InChI is InChI=1S/C13H11N3O/c1-16-7-3-6-11(16)9-4-2-5-10-12(9)13(17)15-8-14-10/h2-8H,1H3,(H,14,15,17). The van der Waals surface area contributed by atoms with E-state index in [2.05, 4.69) is 9.97 Å². The number of aryl methyl sites for hydroxylation is 1. The van der Waals surface area contributed by atoms with E-state index in [-0.39, 0.29) is 5.56 Å². The molecule has 0 amide bonds. The molecular weight excluding hydrogens is 214 g/mol. The lowest BCUT2D eigenvalue weighted by molar-refractivity contribution is 0.938. The number of rotatable bonds is 1. The summed E-state index contributed by atoms with van der Waals surface area (Å²) in [6.45, 7) is 0. The van der Waals surface area contributed by atoms with Crippen LogP contribution in [0, 0.1) is 0 Å². The van der Waals surface area contributed by atoms with Crippen molar-refractivity contribution >= 4 is 10.9 Å². The van der Waals surface area contributed by atoms with Crippen molar-refractivity contribution in [3.8, 4) is 11.3 Å². The van der Waals surface area contributed by atoms with Crippen molar-refractivity contribution in [3.05, 3.63) is 53.2 Å². The molecule has 0 saturated carbocycles.